The molecule has 12 heteroatoms. The lowest BCUT2D eigenvalue weighted by atomic mass is 9.86. The molecule has 2 aliphatic rings. The van der Waals surface area contributed by atoms with E-state index in [1.807, 2.05) is 18.2 Å². The molecule has 228 valence electrons. The number of Topliss-reactive ketones (excluding diaryl/α,β-unsaturated/α-hetero) is 1. The fraction of sp³-hybridized carbons (Fsp3) is 0.242. The third-order valence-corrected chi connectivity index (χ3v) is 8.40. The maximum atomic E-state index is 14.1. The number of halogens is 1. The lowest BCUT2D eigenvalue weighted by Gasteiger charge is -2.38. The third kappa shape index (κ3) is 6.25. The monoisotopic (exact) mass is 624 g/mol. The van der Waals surface area contributed by atoms with Crippen LogP contribution in [0.15, 0.2) is 73.1 Å². The van der Waals surface area contributed by atoms with Gasteiger partial charge in [-0.3, -0.25) is 14.4 Å². The fourth-order valence-electron chi connectivity index (χ4n) is 6.01. The fourth-order valence-corrected chi connectivity index (χ4v) is 6.19. The summed E-state index contributed by atoms with van der Waals surface area (Å²) in [4.78, 5) is 55.5. The Labute approximate surface area is 263 Å². The lowest BCUT2D eigenvalue weighted by Crippen LogP contribution is -2.44. The van der Waals surface area contributed by atoms with Crippen LogP contribution in [0.2, 0.25) is 5.02 Å². The number of hydrogen-bond acceptors (Lipinski definition) is 7. The van der Waals surface area contributed by atoms with Gasteiger partial charge in [-0.05, 0) is 88.9 Å². The summed E-state index contributed by atoms with van der Waals surface area (Å²) >= 11 is 6.26. The van der Waals surface area contributed by atoms with Crippen LogP contribution in [0.4, 0.5) is 5.69 Å². The first-order valence-corrected chi connectivity index (χ1v) is 15.0. The van der Waals surface area contributed by atoms with Gasteiger partial charge in [0.15, 0.2) is 5.78 Å². The molecule has 1 fully saturated rings. The number of carboxylic acids is 1. The average Bonchev–Trinajstić information content (AvgIpc) is 3.58. The van der Waals surface area contributed by atoms with Crippen LogP contribution in [0, 0.1) is 0 Å². The number of anilines is 1. The Morgan fingerprint density at radius 1 is 0.978 bits per heavy atom. The molecule has 1 unspecified atom stereocenters. The Morgan fingerprint density at radius 2 is 1.80 bits per heavy atom. The minimum atomic E-state index is -1.06. The van der Waals surface area contributed by atoms with E-state index < -0.39 is 12.0 Å². The zero-order valence-corrected chi connectivity index (χ0v) is 24.9. The highest BCUT2D eigenvalue weighted by Crippen LogP contribution is 2.38. The number of carbonyl (C=O) groups excluding carboxylic acids is 3. The number of aromatic carboxylic acids is 1. The Bertz CT molecular complexity index is 1800. The molecule has 4 aromatic rings. The summed E-state index contributed by atoms with van der Waals surface area (Å²) in [5.41, 5.74) is 4.33. The number of benzene rings is 3. The number of rotatable bonds is 8. The summed E-state index contributed by atoms with van der Waals surface area (Å²) in [6.45, 7) is 0.872. The highest BCUT2D eigenvalue weighted by Gasteiger charge is 2.37. The number of amides is 2. The lowest BCUT2D eigenvalue weighted by molar-refractivity contribution is -0.136. The van der Waals surface area contributed by atoms with Crippen LogP contribution >= 0.6 is 11.6 Å². The molecular weight excluding hydrogens is 596 g/mol. The van der Waals surface area contributed by atoms with Crippen molar-refractivity contribution in [3.8, 4) is 5.69 Å². The second-order valence-corrected chi connectivity index (χ2v) is 11.4. The summed E-state index contributed by atoms with van der Waals surface area (Å²) < 4.78 is 1.46. The van der Waals surface area contributed by atoms with Gasteiger partial charge in [-0.25, -0.2) is 4.79 Å². The van der Waals surface area contributed by atoms with Gasteiger partial charge >= 0.3 is 5.97 Å². The van der Waals surface area contributed by atoms with Crippen LogP contribution in [-0.4, -0.2) is 66.9 Å². The van der Waals surface area contributed by atoms with E-state index in [4.69, 9.17) is 11.6 Å². The minimum Gasteiger partial charge on any atom is -0.478 e. The first-order valence-electron chi connectivity index (χ1n) is 14.6. The van der Waals surface area contributed by atoms with E-state index in [9.17, 15) is 24.3 Å². The zero-order valence-electron chi connectivity index (χ0n) is 24.2. The number of carbonyl (C=O) groups is 4. The molecule has 2 aliphatic heterocycles. The van der Waals surface area contributed by atoms with Gasteiger partial charge in [0.25, 0.3) is 0 Å². The van der Waals surface area contributed by atoms with Gasteiger partial charge in [0.2, 0.25) is 11.8 Å². The van der Waals surface area contributed by atoms with Crippen LogP contribution in [0.1, 0.15) is 57.9 Å². The third-order valence-electron chi connectivity index (χ3n) is 8.17. The highest BCUT2D eigenvalue weighted by atomic mass is 35.5. The van der Waals surface area contributed by atoms with Crippen molar-refractivity contribution in [3.63, 3.8) is 0 Å². The highest BCUT2D eigenvalue weighted by molar-refractivity contribution is 6.30. The number of piperidine rings is 1. The first kappa shape index (κ1) is 29.9. The Kier molecular flexibility index (Phi) is 8.52. The van der Waals surface area contributed by atoms with Crippen LogP contribution in [-0.2, 0) is 27.2 Å². The number of carboxylic acid groups (broad SMARTS) is 1. The van der Waals surface area contributed by atoms with E-state index in [0.717, 1.165) is 24.1 Å². The molecule has 0 radical (unpaired) electrons. The van der Waals surface area contributed by atoms with Gasteiger partial charge in [-0.15, -0.1) is 5.10 Å². The Hall–Kier alpha value is -5.16. The molecule has 0 spiro atoms. The van der Waals surface area contributed by atoms with E-state index in [2.05, 4.69) is 15.5 Å². The molecule has 11 nitrogen and oxygen atoms in total. The van der Waals surface area contributed by atoms with E-state index in [1.165, 1.54) is 29.2 Å². The number of tetrazole rings is 1. The predicted molar refractivity (Wildman–Crippen MR) is 166 cm³/mol. The van der Waals surface area contributed by atoms with Crippen molar-refractivity contribution >= 4 is 46.9 Å². The van der Waals surface area contributed by atoms with E-state index >= 15 is 0 Å². The molecular formula is C33H29ClN6O5. The van der Waals surface area contributed by atoms with E-state index in [0.29, 0.717) is 46.8 Å². The molecule has 1 saturated heterocycles. The first-order chi connectivity index (χ1) is 21.8. The minimum absolute atomic E-state index is 0.0118. The largest absolute Gasteiger partial charge is 0.478 e. The number of ketones is 1. The van der Waals surface area contributed by atoms with Gasteiger partial charge in [0.05, 0.1) is 11.3 Å². The topological polar surface area (TPSA) is 139 Å². The van der Waals surface area contributed by atoms with Crippen molar-refractivity contribution in [3.05, 3.63) is 106 Å². The molecule has 2 amide bonds. The van der Waals surface area contributed by atoms with Crippen molar-refractivity contribution in [1.82, 2.24) is 25.1 Å². The van der Waals surface area contributed by atoms with Crippen LogP contribution in [0.25, 0.3) is 11.8 Å². The maximum Gasteiger partial charge on any atom is 0.335 e. The van der Waals surface area contributed by atoms with Gasteiger partial charge in [-0.1, -0.05) is 35.9 Å². The van der Waals surface area contributed by atoms with Crippen molar-refractivity contribution in [2.75, 3.05) is 18.0 Å². The molecule has 1 aromatic heterocycles. The molecule has 45 heavy (non-hydrogen) atoms. The van der Waals surface area contributed by atoms with Crippen molar-refractivity contribution < 1.29 is 24.3 Å². The average molecular weight is 625 g/mol. The maximum absolute atomic E-state index is 14.1. The van der Waals surface area contributed by atoms with E-state index in [1.54, 1.807) is 46.2 Å². The molecule has 1 N–H and O–H groups in total. The van der Waals surface area contributed by atoms with Crippen LogP contribution in [0.5, 0.6) is 0 Å². The predicted octanol–water partition coefficient (Wildman–Crippen LogP) is 4.48. The van der Waals surface area contributed by atoms with Gasteiger partial charge in [0, 0.05) is 48.3 Å². The quantitative estimate of drug-likeness (QED) is 0.283. The number of nitrogens with zero attached hydrogens (tertiary/aromatic N) is 6. The molecule has 0 saturated carbocycles. The number of aromatic nitrogens is 4. The summed E-state index contributed by atoms with van der Waals surface area (Å²) in [7, 11) is 0. The van der Waals surface area contributed by atoms with Gasteiger partial charge < -0.3 is 14.9 Å². The number of fused-ring (bicyclic) bond motifs is 1. The summed E-state index contributed by atoms with van der Waals surface area (Å²) in [6, 6.07) is 15.9. The van der Waals surface area contributed by atoms with Crippen molar-refractivity contribution in [2.24, 2.45) is 0 Å². The second-order valence-electron chi connectivity index (χ2n) is 11.0. The molecule has 3 aromatic carbocycles. The van der Waals surface area contributed by atoms with Crippen LogP contribution in [0.3, 0.4) is 0 Å². The second kappa shape index (κ2) is 12.8. The zero-order chi connectivity index (χ0) is 31.5. The molecule has 3 heterocycles. The Morgan fingerprint density at radius 3 is 2.53 bits per heavy atom. The smallest absolute Gasteiger partial charge is 0.335 e. The van der Waals surface area contributed by atoms with Crippen molar-refractivity contribution in [2.45, 2.75) is 38.1 Å². The Balaban J connectivity index is 1.35. The SMILES string of the molecule is O=C(O)c1ccc(CC(=O)C2c3cccc(N4CCCCC4=O)c3CCN2C(=O)/C=C/c2cc(Cl)ccc2-n2cnnn2)cc1. The molecule has 0 aliphatic carbocycles. The van der Waals surface area contributed by atoms with Gasteiger partial charge in [-0.2, -0.15) is 4.68 Å². The summed E-state index contributed by atoms with van der Waals surface area (Å²) in [5, 5.41) is 21.0. The normalized spacial score (nSPS) is 16.6. The number of hydrogen-bond donors (Lipinski definition) is 1. The van der Waals surface area contributed by atoms with E-state index in [-0.39, 0.29) is 36.1 Å². The standard InChI is InChI=1S/C33H29ClN6O5/c34-24-12-13-27(40-20-35-36-37-40)23(19-24)11-14-31(43)39-17-15-25-26(4-3-5-28(25)38-16-2-1-6-30(38)42)32(39)29(41)18-21-7-9-22(10-8-21)33(44)45/h3-5,7-14,19-20,32H,1-2,6,15-18H2,(H,44,45)/b14-11+. The van der Waals surface area contributed by atoms with Crippen LogP contribution < -0.4 is 4.90 Å². The molecule has 6 rings (SSSR count). The summed E-state index contributed by atoms with van der Waals surface area (Å²) in [6.07, 6.45) is 7.15. The molecule has 0 bridgehead atoms. The summed E-state index contributed by atoms with van der Waals surface area (Å²) in [5.74, 6) is -1.60. The molecule has 1 atom stereocenters. The van der Waals surface area contributed by atoms with Crippen molar-refractivity contribution in [1.29, 1.82) is 0 Å². The van der Waals surface area contributed by atoms with Gasteiger partial charge in [0.1, 0.15) is 12.4 Å².